The molecule has 0 radical (unpaired) electrons. The second-order valence-corrected chi connectivity index (χ2v) is 3.81. The predicted octanol–water partition coefficient (Wildman–Crippen LogP) is 0.834. The Labute approximate surface area is 98.4 Å². The highest BCUT2D eigenvalue weighted by atomic mass is 16.3. The summed E-state index contributed by atoms with van der Waals surface area (Å²) >= 11 is 0. The second kappa shape index (κ2) is 4.32. The van der Waals surface area contributed by atoms with E-state index in [9.17, 15) is 4.79 Å². The van der Waals surface area contributed by atoms with E-state index in [4.69, 9.17) is 10.2 Å². The van der Waals surface area contributed by atoms with Crippen molar-refractivity contribution in [2.45, 2.75) is 13.5 Å². The van der Waals surface area contributed by atoms with Crippen LogP contribution >= 0.6 is 0 Å². The number of amides is 1. The van der Waals surface area contributed by atoms with Crippen LogP contribution in [-0.4, -0.2) is 15.7 Å². The Hall–Kier alpha value is -2.24. The molecular weight excluding hydrogens is 220 g/mol. The van der Waals surface area contributed by atoms with Gasteiger partial charge in [0.1, 0.15) is 17.8 Å². The summed E-state index contributed by atoms with van der Waals surface area (Å²) in [6.07, 6.45) is 3.06. The van der Waals surface area contributed by atoms with Crippen molar-refractivity contribution in [3.63, 3.8) is 0 Å². The number of hydrogen-bond donors (Lipinski definition) is 2. The van der Waals surface area contributed by atoms with Crippen LogP contribution in [0.5, 0.6) is 0 Å². The molecule has 17 heavy (non-hydrogen) atoms. The van der Waals surface area contributed by atoms with Crippen LogP contribution < -0.4 is 11.1 Å². The first-order chi connectivity index (χ1) is 8.08. The summed E-state index contributed by atoms with van der Waals surface area (Å²) in [7, 11) is 1.75. The van der Waals surface area contributed by atoms with Crippen molar-refractivity contribution in [3.8, 4) is 0 Å². The Balaban J connectivity index is 1.99. The zero-order valence-corrected chi connectivity index (χ0v) is 9.73. The monoisotopic (exact) mass is 234 g/mol. The summed E-state index contributed by atoms with van der Waals surface area (Å²) in [5, 5.41) is 6.74. The Morgan fingerprint density at radius 2 is 2.41 bits per heavy atom. The number of carbonyl (C=O) groups is 1. The third-order valence-electron chi connectivity index (χ3n) is 2.50. The van der Waals surface area contributed by atoms with Gasteiger partial charge in [0.2, 0.25) is 0 Å². The lowest BCUT2D eigenvalue weighted by Crippen LogP contribution is -2.22. The highest BCUT2D eigenvalue weighted by Crippen LogP contribution is 2.10. The largest absolute Gasteiger partial charge is 0.469 e. The summed E-state index contributed by atoms with van der Waals surface area (Å²) < 4.78 is 6.62. The predicted molar refractivity (Wildman–Crippen MR) is 62.2 cm³/mol. The van der Waals surface area contributed by atoms with Crippen molar-refractivity contribution in [1.82, 2.24) is 15.1 Å². The molecule has 0 aliphatic rings. The minimum absolute atomic E-state index is 0.190. The van der Waals surface area contributed by atoms with Gasteiger partial charge in [-0.3, -0.25) is 9.48 Å². The van der Waals surface area contributed by atoms with Crippen molar-refractivity contribution in [3.05, 3.63) is 35.4 Å². The Morgan fingerprint density at radius 3 is 2.94 bits per heavy atom. The fraction of sp³-hybridized carbons (Fsp3) is 0.273. The van der Waals surface area contributed by atoms with Gasteiger partial charge in [0, 0.05) is 19.2 Å². The van der Waals surface area contributed by atoms with Gasteiger partial charge in [-0.1, -0.05) is 0 Å². The number of nitrogens with two attached hydrogens (primary N) is 1. The van der Waals surface area contributed by atoms with Crippen molar-refractivity contribution in [1.29, 1.82) is 0 Å². The molecule has 0 saturated heterocycles. The molecule has 0 saturated carbocycles. The zero-order chi connectivity index (χ0) is 12.4. The molecule has 6 heteroatoms. The highest BCUT2D eigenvalue weighted by Gasteiger charge is 2.10. The summed E-state index contributed by atoms with van der Waals surface area (Å²) in [6, 6.07) is 1.68. The van der Waals surface area contributed by atoms with Gasteiger partial charge in [0.05, 0.1) is 11.8 Å². The molecule has 0 aliphatic carbocycles. The SMILES string of the molecule is Cc1cc(C(=O)NCc2cnn(C)c2N)co1. The molecule has 0 aromatic carbocycles. The van der Waals surface area contributed by atoms with Crippen LogP contribution in [0.25, 0.3) is 0 Å². The number of nitrogens with one attached hydrogen (secondary N) is 1. The summed E-state index contributed by atoms with van der Waals surface area (Å²) in [5.41, 5.74) is 7.06. The molecule has 2 aromatic heterocycles. The van der Waals surface area contributed by atoms with Gasteiger partial charge in [0.25, 0.3) is 5.91 Å². The Bertz CT molecular complexity index is 541. The van der Waals surface area contributed by atoms with Crippen molar-refractivity contribution >= 4 is 11.7 Å². The average molecular weight is 234 g/mol. The molecule has 0 unspecified atom stereocenters. The van der Waals surface area contributed by atoms with Gasteiger partial charge in [-0.15, -0.1) is 0 Å². The van der Waals surface area contributed by atoms with Gasteiger partial charge < -0.3 is 15.5 Å². The molecule has 90 valence electrons. The number of nitrogen functional groups attached to an aromatic ring is 1. The van der Waals surface area contributed by atoms with Crippen LogP contribution in [0.4, 0.5) is 5.82 Å². The maximum atomic E-state index is 11.7. The van der Waals surface area contributed by atoms with Crippen LogP contribution in [0.1, 0.15) is 21.7 Å². The first-order valence-electron chi connectivity index (χ1n) is 5.17. The molecule has 2 rings (SSSR count). The number of carbonyl (C=O) groups excluding carboxylic acids is 1. The maximum Gasteiger partial charge on any atom is 0.254 e. The van der Waals surface area contributed by atoms with Gasteiger partial charge in [0.15, 0.2) is 0 Å². The number of hydrogen-bond acceptors (Lipinski definition) is 4. The fourth-order valence-electron chi connectivity index (χ4n) is 1.47. The normalized spacial score (nSPS) is 10.5. The number of aryl methyl sites for hydroxylation is 2. The van der Waals surface area contributed by atoms with E-state index in [0.29, 0.717) is 23.7 Å². The lowest BCUT2D eigenvalue weighted by molar-refractivity contribution is 0.0950. The summed E-state index contributed by atoms with van der Waals surface area (Å²) in [5.74, 6) is 1.06. The Morgan fingerprint density at radius 1 is 1.65 bits per heavy atom. The fourth-order valence-corrected chi connectivity index (χ4v) is 1.47. The minimum Gasteiger partial charge on any atom is -0.469 e. The van der Waals surface area contributed by atoms with E-state index in [1.807, 2.05) is 0 Å². The first-order valence-corrected chi connectivity index (χ1v) is 5.17. The smallest absolute Gasteiger partial charge is 0.254 e. The van der Waals surface area contributed by atoms with E-state index >= 15 is 0 Å². The quantitative estimate of drug-likeness (QED) is 0.823. The third kappa shape index (κ3) is 2.30. The molecule has 6 nitrogen and oxygen atoms in total. The molecule has 0 aliphatic heterocycles. The van der Waals surface area contributed by atoms with E-state index in [1.54, 1.807) is 30.9 Å². The van der Waals surface area contributed by atoms with Crippen molar-refractivity contribution in [2.24, 2.45) is 7.05 Å². The standard InChI is InChI=1S/C11H14N4O2/c1-7-3-8(6-17-7)11(16)13-4-9-5-14-15(2)10(9)12/h3,5-6H,4,12H2,1-2H3,(H,13,16). The summed E-state index contributed by atoms with van der Waals surface area (Å²) in [4.78, 5) is 11.7. The van der Waals surface area contributed by atoms with Crippen LogP contribution in [0.3, 0.4) is 0 Å². The number of aromatic nitrogens is 2. The van der Waals surface area contributed by atoms with E-state index in [2.05, 4.69) is 10.4 Å². The van der Waals surface area contributed by atoms with Crippen LogP contribution in [0.2, 0.25) is 0 Å². The average Bonchev–Trinajstić information content (AvgIpc) is 2.86. The zero-order valence-electron chi connectivity index (χ0n) is 9.73. The van der Waals surface area contributed by atoms with Gasteiger partial charge in [-0.25, -0.2) is 0 Å². The Kier molecular flexibility index (Phi) is 2.86. The van der Waals surface area contributed by atoms with E-state index in [1.165, 1.54) is 6.26 Å². The highest BCUT2D eigenvalue weighted by molar-refractivity contribution is 5.93. The lowest BCUT2D eigenvalue weighted by atomic mass is 10.2. The van der Waals surface area contributed by atoms with Gasteiger partial charge in [-0.05, 0) is 13.0 Å². The molecular formula is C11H14N4O2. The molecule has 3 N–H and O–H groups in total. The number of nitrogens with zero attached hydrogens (tertiary/aromatic N) is 2. The molecule has 0 spiro atoms. The number of furan rings is 1. The van der Waals surface area contributed by atoms with Crippen LogP contribution in [0, 0.1) is 6.92 Å². The third-order valence-corrected chi connectivity index (χ3v) is 2.50. The molecule has 1 amide bonds. The topological polar surface area (TPSA) is 86.1 Å². The van der Waals surface area contributed by atoms with Crippen molar-refractivity contribution in [2.75, 3.05) is 5.73 Å². The van der Waals surface area contributed by atoms with Gasteiger partial charge in [-0.2, -0.15) is 5.10 Å². The molecule has 2 aromatic rings. The minimum atomic E-state index is -0.190. The molecule has 0 fully saturated rings. The summed E-state index contributed by atoms with van der Waals surface area (Å²) in [6.45, 7) is 2.14. The maximum absolute atomic E-state index is 11.7. The van der Waals surface area contributed by atoms with Crippen molar-refractivity contribution < 1.29 is 9.21 Å². The second-order valence-electron chi connectivity index (χ2n) is 3.81. The molecule has 2 heterocycles. The van der Waals surface area contributed by atoms with E-state index in [0.717, 1.165) is 5.56 Å². The van der Waals surface area contributed by atoms with E-state index < -0.39 is 0 Å². The van der Waals surface area contributed by atoms with Crippen LogP contribution in [0.15, 0.2) is 22.9 Å². The lowest BCUT2D eigenvalue weighted by Gasteiger charge is -2.02. The molecule has 0 atom stereocenters. The van der Waals surface area contributed by atoms with Gasteiger partial charge >= 0.3 is 0 Å². The van der Waals surface area contributed by atoms with Crippen LogP contribution in [-0.2, 0) is 13.6 Å². The number of anilines is 1. The molecule has 0 bridgehead atoms. The van der Waals surface area contributed by atoms with E-state index in [-0.39, 0.29) is 5.91 Å². The first kappa shape index (κ1) is 11.3. The number of rotatable bonds is 3.